The topological polar surface area (TPSA) is 64.3 Å². The smallest absolute Gasteiger partial charge is 0.225 e. The van der Waals surface area contributed by atoms with E-state index >= 15 is 0 Å². The van der Waals surface area contributed by atoms with Crippen molar-refractivity contribution in [1.82, 2.24) is 5.32 Å². The largest absolute Gasteiger partial charge is 0.381 e. The van der Waals surface area contributed by atoms with E-state index in [1.54, 1.807) is 0 Å². The molecule has 0 aromatic heterocycles. The third-order valence-corrected chi connectivity index (χ3v) is 3.45. The van der Waals surface area contributed by atoms with Gasteiger partial charge in [0.2, 0.25) is 5.91 Å². The van der Waals surface area contributed by atoms with Crippen LogP contribution in [-0.2, 0) is 9.53 Å². The highest BCUT2D eigenvalue weighted by atomic mass is 16.5. The van der Waals surface area contributed by atoms with Gasteiger partial charge in [0.05, 0.1) is 12.5 Å². The number of ether oxygens (including phenoxy) is 1. The Kier molecular flexibility index (Phi) is 3.59. The zero-order valence-electron chi connectivity index (χ0n) is 9.08. The van der Waals surface area contributed by atoms with Gasteiger partial charge in [0.25, 0.3) is 0 Å². The number of hydrogen-bond acceptors (Lipinski definition) is 3. The molecule has 2 aliphatic rings. The number of carbonyl (C=O) groups excluding carboxylic acids is 1. The predicted molar refractivity (Wildman–Crippen MR) is 57.3 cm³/mol. The molecule has 86 valence electrons. The Bertz CT molecular complexity index is 227. The highest BCUT2D eigenvalue weighted by molar-refractivity contribution is 5.78. The first-order valence-electron chi connectivity index (χ1n) is 5.86. The van der Waals surface area contributed by atoms with Crippen LogP contribution in [0.3, 0.4) is 0 Å². The molecule has 1 aliphatic heterocycles. The van der Waals surface area contributed by atoms with Gasteiger partial charge in [0.1, 0.15) is 0 Å². The molecule has 0 spiro atoms. The molecule has 1 saturated heterocycles. The average Bonchev–Trinajstić information content (AvgIpc) is 2.84. The highest BCUT2D eigenvalue weighted by Gasteiger charge is 2.26. The second-order valence-electron chi connectivity index (χ2n) is 4.74. The summed E-state index contributed by atoms with van der Waals surface area (Å²) in [6.07, 6.45) is 4.19. The predicted octanol–water partition coefficient (Wildman–Crippen LogP) is 0.266. The van der Waals surface area contributed by atoms with Crippen LogP contribution in [0.2, 0.25) is 0 Å². The van der Waals surface area contributed by atoms with Crippen molar-refractivity contribution in [3.63, 3.8) is 0 Å². The fourth-order valence-electron chi connectivity index (χ4n) is 2.43. The van der Waals surface area contributed by atoms with E-state index in [0.717, 1.165) is 38.8 Å². The minimum atomic E-state index is 0.0834. The minimum Gasteiger partial charge on any atom is -0.381 e. The average molecular weight is 212 g/mol. The van der Waals surface area contributed by atoms with Gasteiger partial charge >= 0.3 is 0 Å². The van der Waals surface area contributed by atoms with E-state index in [2.05, 4.69) is 5.32 Å². The van der Waals surface area contributed by atoms with Crippen molar-refractivity contribution in [3.05, 3.63) is 0 Å². The lowest BCUT2D eigenvalue weighted by molar-refractivity contribution is -0.125. The fourth-order valence-corrected chi connectivity index (χ4v) is 2.43. The molecular formula is C11H20N2O2. The quantitative estimate of drug-likeness (QED) is 0.705. The summed E-state index contributed by atoms with van der Waals surface area (Å²) in [4.78, 5) is 11.7. The Morgan fingerprint density at radius 1 is 1.40 bits per heavy atom. The highest BCUT2D eigenvalue weighted by Crippen LogP contribution is 2.23. The Labute approximate surface area is 90.5 Å². The minimum absolute atomic E-state index is 0.0834. The van der Waals surface area contributed by atoms with Crippen LogP contribution >= 0.6 is 0 Å². The number of nitrogens with two attached hydrogens (primary N) is 1. The summed E-state index contributed by atoms with van der Waals surface area (Å²) in [6.45, 7) is 2.12. The molecule has 3 N–H and O–H groups in total. The van der Waals surface area contributed by atoms with E-state index in [1.807, 2.05) is 0 Å². The molecule has 0 radical (unpaired) electrons. The number of amides is 1. The SMILES string of the molecule is NC1CCC(CNC(=O)C2CCOC2)C1. The van der Waals surface area contributed by atoms with E-state index in [4.69, 9.17) is 10.5 Å². The molecule has 1 heterocycles. The van der Waals surface area contributed by atoms with Gasteiger partial charge < -0.3 is 15.8 Å². The van der Waals surface area contributed by atoms with Gasteiger partial charge in [-0.05, 0) is 31.6 Å². The van der Waals surface area contributed by atoms with Gasteiger partial charge in [-0.2, -0.15) is 0 Å². The summed E-state index contributed by atoms with van der Waals surface area (Å²) in [5.41, 5.74) is 5.82. The summed E-state index contributed by atoms with van der Waals surface area (Å²) in [6, 6.07) is 0.349. The molecule has 0 aromatic rings. The van der Waals surface area contributed by atoms with Crippen molar-refractivity contribution in [3.8, 4) is 0 Å². The number of carbonyl (C=O) groups is 1. The Morgan fingerprint density at radius 2 is 2.27 bits per heavy atom. The van der Waals surface area contributed by atoms with Crippen molar-refractivity contribution in [1.29, 1.82) is 0 Å². The van der Waals surface area contributed by atoms with Gasteiger partial charge in [0.15, 0.2) is 0 Å². The van der Waals surface area contributed by atoms with Crippen molar-refractivity contribution >= 4 is 5.91 Å². The maximum Gasteiger partial charge on any atom is 0.225 e. The molecule has 0 aromatic carbocycles. The molecule has 1 aliphatic carbocycles. The first-order chi connectivity index (χ1) is 7.25. The third kappa shape index (κ3) is 2.92. The summed E-state index contributed by atoms with van der Waals surface area (Å²) in [5.74, 6) is 0.833. The van der Waals surface area contributed by atoms with E-state index in [1.165, 1.54) is 0 Å². The molecule has 4 heteroatoms. The number of hydrogen-bond donors (Lipinski definition) is 2. The molecule has 1 amide bonds. The van der Waals surface area contributed by atoms with Gasteiger partial charge in [-0.1, -0.05) is 0 Å². The van der Waals surface area contributed by atoms with E-state index in [-0.39, 0.29) is 11.8 Å². The summed E-state index contributed by atoms with van der Waals surface area (Å²) in [5, 5.41) is 3.01. The van der Waals surface area contributed by atoms with Gasteiger partial charge in [0, 0.05) is 19.2 Å². The molecule has 4 nitrogen and oxygen atoms in total. The summed E-state index contributed by atoms with van der Waals surface area (Å²) >= 11 is 0. The number of rotatable bonds is 3. The molecule has 2 fully saturated rings. The standard InChI is InChI=1S/C11H20N2O2/c12-10-2-1-8(5-10)6-13-11(14)9-3-4-15-7-9/h8-10H,1-7,12H2,(H,13,14). The van der Waals surface area contributed by atoms with Crippen LogP contribution < -0.4 is 11.1 Å². The summed E-state index contributed by atoms with van der Waals surface area (Å²) in [7, 11) is 0. The Morgan fingerprint density at radius 3 is 2.87 bits per heavy atom. The zero-order chi connectivity index (χ0) is 10.7. The molecule has 3 unspecified atom stereocenters. The lowest BCUT2D eigenvalue weighted by Crippen LogP contribution is -2.34. The van der Waals surface area contributed by atoms with Crippen LogP contribution in [0.5, 0.6) is 0 Å². The van der Waals surface area contributed by atoms with E-state index < -0.39 is 0 Å². The Balaban J connectivity index is 1.66. The van der Waals surface area contributed by atoms with Crippen LogP contribution in [0.25, 0.3) is 0 Å². The van der Waals surface area contributed by atoms with Gasteiger partial charge in [-0.15, -0.1) is 0 Å². The van der Waals surface area contributed by atoms with Crippen molar-refractivity contribution in [2.24, 2.45) is 17.6 Å². The van der Waals surface area contributed by atoms with Crippen LogP contribution in [-0.4, -0.2) is 31.7 Å². The van der Waals surface area contributed by atoms with Crippen molar-refractivity contribution in [2.45, 2.75) is 31.7 Å². The lowest BCUT2D eigenvalue weighted by Gasteiger charge is -2.13. The maximum atomic E-state index is 11.7. The van der Waals surface area contributed by atoms with Crippen LogP contribution in [0.1, 0.15) is 25.7 Å². The third-order valence-electron chi connectivity index (χ3n) is 3.45. The molecule has 2 rings (SSSR count). The van der Waals surface area contributed by atoms with Gasteiger partial charge in [-0.25, -0.2) is 0 Å². The molecule has 1 saturated carbocycles. The van der Waals surface area contributed by atoms with Crippen LogP contribution in [0, 0.1) is 11.8 Å². The molecule has 3 atom stereocenters. The van der Waals surface area contributed by atoms with E-state index in [0.29, 0.717) is 18.6 Å². The van der Waals surface area contributed by atoms with E-state index in [9.17, 15) is 4.79 Å². The molecule has 15 heavy (non-hydrogen) atoms. The van der Waals surface area contributed by atoms with Crippen LogP contribution in [0.15, 0.2) is 0 Å². The van der Waals surface area contributed by atoms with Gasteiger partial charge in [-0.3, -0.25) is 4.79 Å². The molecule has 0 bridgehead atoms. The number of nitrogens with one attached hydrogen (secondary N) is 1. The monoisotopic (exact) mass is 212 g/mol. The zero-order valence-corrected chi connectivity index (χ0v) is 9.08. The lowest BCUT2D eigenvalue weighted by atomic mass is 10.1. The van der Waals surface area contributed by atoms with Crippen LogP contribution in [0.4, 0.5) is 0 Å². The fraction of sp³-hybridized carbons (Fsp3) is 0.909. The first kappa shape index (κ1) is 10.9. The van der Waals surface area contributed by atoms with Crippen molar-refractivity contribution in [2.75, 3.05) is 19.8 Å². The maximum absolute atomic E-state index is 11.7. The first-order valence-corrected chi connectivity index (χ1v) is 5.86. The second kappa shape index (κ2) is 4.94. The summed E-state index contributed by atoms with van der Waals surface area (Å²) < 4.78 is 5.19. The second-order valence-corrected chi connectivity index (χ2v) is 4.74. The Hall–Kier alpha value is -0.610. The molecular weight excluding hydrogens is 192 g/mol. The van der Waals surface area contributed by atoms with Crippen molar-refractivity contribution < 1.29 is 9.53 Å². The normalized spacial score (nSPS) is 35.7.